The van der Waals surface area contributed by atoms with Gasteiger partial charge in [-0.25, -0.2) is 4.39 Å². The predicted molar refractivity (Wildman–Crippen MR) is 118 cm³/mol. The first-order chi connectivity index (χ1) is 14.9. The molecule has 0 radical (unpaired) electrons. The van der Waals surface area contributed by atoms with Crippen LogP contribution in [0.2, 0.25) is 0 Å². The van der Waals surface area contributed by atoms with Gasteiger partial charge in [0, 0.05) is 17.2 Å². The van der Waals surface area contributed by atoms with E-state index in [1.165, 1.54) is 29.2 Å². The van der Waals surface area contributed by atoms with Crippen molar-refractivity contribution in [2.24, 2.45) is 5.92 Å². The van der Waals surface area contributed by atoms with Crippen molar-refractivity contribution in [1.29, 1.82) is 0 Å². The molecule has 1 atom stereocenters. The summed E-state index contributed by atoms with van der Waals surface area (Å²) in [5.74, 6) is -1.78. The molecule has 3 aromatic rings. The second kappa shape index (κ2) is 9.94. The standard InChI is InChI=1S/C26H24FNO3/c1-18(2)23(29)17-24(30)28(22-11-7-4-8-12-22)25(19-9-5-3-6-10-19)26(31)20-13-15-21(27)16-14-20/h3-16,18,25H,17H2,1-2H3. The van der Waals surface area contributed by atoms with Gasteiger partial charge in [-0.15, -0.1) is 0 Å². The molecule has 1 unspecified atom stereocenters. The highest BCUT2D eigenvalue weighted by Gasteiger charge is 2.34. The molecule has 0 saturated heterocycles. The maximum atomic E-state index is 13.6. The molecule has 0 N–H and O–H groups in total. The number of carbonyl (C=O) groups excluding carboxylic acids is 3. The molecule has 158 valence electrons. The first-order valence-electron chi connectivity index (χ1n) is 10.1. The topological polar surface area (TPSA) is 54.5 Å². The lowest BCUT2D eigenvalue weighted by Gasteiger charge is -2.31. The zero-order valence-electron chi connectivity index (χ0n) is 17.5. The highest BCUT2D eigenvalue weighted by atomic mass is 19.1. The second-order valence-electron chi connectivity index (χ2n) is 7.58. The zero-order valence-corrected chi connectivity index (χ0v) is 17.5. The van der Waals surface area contributed by atoms with E-state index in [1.54, 1.807) is 62.4 Å². The smallest absolute Gasteiger partial charge is 0.235 e. The molecule has 3 rings (SSSR count). The van der Waals surface area contributed by atoms with Gasteiger partial charge in [0.15, 0.2) is 5.78 Å². The molecule has 0 aromatic heterocycles. The van der Waals surface area contributed by atoms with Crippen LogP contribution in [0.5, 0.6) is 0 Å². The Hall–Kier alpha value is -3.60. The summed E-state index contributed by atoms with van der Waals surface area (Å²) in [6.07, 6.45) is -0.313. The van der Waals surface area contributed by atoms with Gasteiger partial charge < -0.3 is 0 Å². The fraction of sp³-hybridized carbons (Fsp3) is 0.192. The van der Waals surface area contributed by atoms with E-state index >= 15 is 0 Å². The molecule has 0 fully saturated rings. The number of nitrogens with zero attached hydrogens (tertiary/aromatic N) is 1. The Kier molecular flexibility index (Phi) is 7.08. The fourth-order valence-electron chi connectivity index (χ4n) is 3.29. The van der Waals surface area contributed by atoms with Gasteiger partial charge in [0.2, 0.25) is 5.91 Å². The maximum Gasteiger partial charge on any atom is 0.235 e. The lowest BCUT2D eigenvalue weighted by molar-refractivity contribution is -0.128. The van der Waals surface area contributed by atoms with Gasteiger partial charge in [0.25, 0.3) is 0 Å². The number of rotatable bonds is 8. The predicted octanol–water partition coefficient (Wildman–Crippen LogP) is 5.40. The largest absolute Gasteiger partial charge is 0.299 e. The third-order valence-electron chi connectivity index (χ3n) is 5.02. The molecule has 0 spiro atoms. The molecule has 0 heterocycles. The van der Waals surface area contributed by atoms with Crippen molar-refractivity contribution in [3.63, 3.8) is 0 Å². The van der Waals surface area contributed by atoms with Crippen LogP contribution in [0.15, 0.2) is 84.9 Å². The van der Waals surface area contributed by atoms with E-state index in [0.29, 0.717) is 11.3 Å². The molecule has 4 nitrogen and oxygen atoms in total. The lowest BCUT2D eigenvalue weighted by Crippen LogP contribution is -2.40. The molecule has 3 aromatic carbocycles. The number of amides is 1. The number of Topliss-reactive ketones (excluding diaryl/α,β-unsaturated/α-hetero) is 2. The van der Waals surface area contributed by atoms with E-state index in [4.69, 9.17) is 0 Å². The lowest BCUT2D eigenvalue weighted by atomic mass is 9.94. The number of para-hydroxylation sites is 1. The summed E-state index contributed by atoms with van der Waals surface area (Å²) < 4.78 is 13.4. The molecule has 0 bridgehead atoms. The van der Waals surface area contributed by atoms with Crippen LogP contribution in [0.1, 0.15) is 42.2 Å². The number of halogens is 1. The quantitative estimate of drug-likeness (QED) is 0.364. The van der Waals surface area contributed by atoms with E-state index in [2.05, 4.69) is 0 Å². The van der Waals surface area contributed by atoms with Crippen LogP contribution >= 0.6 is 0 Å². The third kappa shape index (κ3) is 5.31. The molecule has 0 aliphatic heterocycles. The molecule has 31 heavy (non-hydrogen) atoms. The summed E-state index contributed by atoms with van der Waals surface area (Å²) in [7, 11) is 0. The molecular formula is C26H24FNO3. The first-order valence-corrected chi connectivity index (χ1v) is 10.1. The molecule has 0 saturated carbocycles. The van der Waals surface area contributed by atoms with Gasteiger partial charge in [0.1, 0.15) is 17.6 Å². The van der Waals surface area contributed by atoms with Crippen molar-refractivity contribution in [2.45, 2.75) is 26.3 Å². The van der Waals surface area contributed by atoms with E-state index in [-0.39, 0.29) is 29.5 Å². The van der Waals surface area contributed by atoms with Crippen LogP contribution in [-0.4, -0.2) is 17.5 Å². The Labute approximate surface area is 181 Å². The van der Waals surface area contributed by atoms with E-state index in [0.717, 1.165) is 0 Å². The van der Waals surface area contributed by atoms with Crippen LogP contribution in [0.4, 0.5) is 10.1 Å². The Balaban J connectivity index is 2.13. The van der Waals surface area contributed by atoms with Gasteiger partial charge in [-0.2, -0.15) is 0 Å². The summed E-state index contributed by atoms with van der Waals surface area (Å²) in [6, 6.07) is 22.0. The minimum absolute atomic E-state index is 0.202. The number of hydrogen-bond donors (Lipinski definition) is 0. The molecule has 1 amide bonds. The van der Waals surface area contributed by atoms with E-state index < -0.39 is 17.8 Å². The summed E-state index contributed by atoms with van der Waals surface area (Å²) in [4.78, 5) is 40.7. The van der Waals surface area contributed by atoms with Gasteiger partial charge in [-0.05, 0) is 42.0 Å². The maximum absolute atomic E-state index is 13.6. The average molecular weight is 417 g/mol. The Morgan fingerprint density at radius 3 is 1.90 bits per heavy atom. The highest BCUT2D eigenvalue weighted by molar-refractivity contribution is 6.12. The van der Waals surface area contributed by atoms with Crippen LogP contribution in [0.3, 0.4) is 0 Å². The first kappa shape index (κ1) is 22.1. The normalized spacial score (nSPS) is 11.7. The third-order valence-corrected chi connectivity index (χ3v) is 5.02. The monoisotopic (exact) mass is 417 g/mol. The van der Waals surface area contributed by atoms with Crippen molar-refractivity contribution >= 4 is 23.2 Å². The van der Waals surface area contributed by atoms with Gasteiger partial charge in [-0.3, -0.25) is 19.3 Å². The zero-order chi connectivity index (χ0) is 22.4. The number of hydrogen-bond acceptors (Lipinski definition) is 3. The molecular weight excluding hydrogens is 393 g/mol. The van der Waals surface area contributed by atoms with E-state index in [9.17, 15) is 18.8 Å². The van der Waals surface area contributed by atoms with E-state index in [1.807, 2.05) is 12.1 Å². The van der Waals surface area contributed by atoms with Crippen molar-refractivity contribution in [2.75, 3.05) is 4.90 Å². The number of carbonyl (C=O) groups is 3. The van der Waals surface area contributed by atoms with Crippen LogP contribution in [-0.2, 0) is 9.59 Å². The van der Waals surface area contributed by atoms with Crippen LogP contribution in [0, 0.1) is 11.7 Å². The van der Waals surface area contributed by atoms with Gasteiger partial charge in [-0.1, -0.05) is 62.4 Å². The minimum atomic E-state index is -0.999. The SMILES string of the molecule is CC(C)C(=O)CC(=O)N(c1ccccc1)C(C(=O)c1ccc(F)cc1)c1ccccc1. The van der Waals surface area contributed by atoms with Crippen molar-refractivity contribution in [1.82, 2.24) is 0 Å². The van der Waals surface area contributed by atoms with Gasteiger partial charge in [0.05, 0.1) is 6.42 Å². The van der Waals surface area contributed by atoms with Crippen LogP contribution < -0.4 is 4.90 Å². The number of benzene rings is 3. The van der Waals surface area contributed by atoms with Gasteiger partial charge >= 0.3 is 0 Å². The van der Waals surface area contributed by atoms with Crippen LogP contribution in [0.25, 0.3) is 0 Å². The summed E-state index contributed by atoms with van der Waals surface area (Å²) in [5.41, 5.74) is 1.39. The minimum Gasteiger partial charge on any atom is -0.299 e. The van der Waals surface area contributed by atoms with Crippen molar-refractivity contribution in [3.05, 3.63) is 102 Å². The fourth-order valence-corrected chi connectivity index (χ4v) is 3.29. The molecule has 0 aliphatic rings. The Morgan fingerprint density at radius 2 is 1.35 bits per heavy atom. The number of anilines is 1. The Bertz CT molecular complexity index is 1050. The summed E-state index contributed by atoms with van der Waals surface area (Å²) in [5, 5.41) is 0. The van der Waals surface area contributed by atoms with Crippen molar-refractivity contribution in [3.8, 4) is 0 Å². The second-order valence-corrected chi connectivity index (χ2v) is 7.58. The molecule has 0 aliphatic carbocycles. The molecule has 5 heteroatoms. The summed E-state index contributed by atoms with van der Waals surface area (Å²) in [6.45, 7) is 3.47. The highest BCUT2D eigenvalue weighted by Crippen LogP contribution is 2.31. The average Bonchev–Trinajstić information content (AvgIpc) is 2.78. The number of ketones is 2. The van der Waals surface area contributed by atoms with Crippen molar-refractivity contribution < 1.29 is 18.8 Å². The Morgan fingerprint density at radius 1 is 0.806 bits per heavy atom. The summed E-state index contributed by atoms with van der Waals surface area (Å²) >= 11 is 0.